The van der Waals surface area contributed by atoms with Crippen molar-refractivity contribution in [1.29, 1.82) is 0 Å². The molecule has 13 heavy (non-hydrogen) atoms. The van der Waals surface area contributed by atoms with Gasteiger partial charge in [0.2, 0.25) is 0 Å². The van der Waals surface area contributed by atoms with E-state index in [4.69, 9.17) is 11.2 Å². The smallest absolute Gasteiger partial charge is 0.118 e. The summed E-state index contributed by atoms with van der Waals surface area (Å²) in [6.45, 7) is 0. The highest BCUT2D eigenvalue weighted by molar-refractivity contribution is 5.28. The number of aliphatic hydroxyl groups excluding tert-OH is 1. The molecule has 0 radical (unpaired) electrons. The van der Waals surface area contributed by atoms with Crippen molar-refractivity contribution in [3.63, 3.8) is 0 Å². The molecule has 1 aromatic carbocycles. The third-order valence-corrected chi connectivity index (χ3v) is 1.81. The second kappa shape index (κ2) is 4.54. The lowest BCUT2D eigenvalue weighted by atomic mass is 10.1. The molecule has 2 heteroatoms. The first-order valence-electron chi connectivity index (χ1n) is 4.03. The number of methoxy groups -OCH3 is 1. The van der Waals surface area contributed by atoms with Gasteiger partial charge in [-0.05, 0) is 17.7 Å². The molecular weight excluding hydrogens is 164 g/mol. The molecule has 1 rings (SSSR count). The molecule has 0 aromatic heterocycles. The second-order valence-corrected chi connectivity index (χ2v) is 2.70. The van der Waals surface area contributed by atoms with Crippen molar-refractivity contribution in [1.82, 2.24) is 0 Å². The fourth-order valence-corrected chi connectivity index (χ4v) is 1.06. The summed E-state index contributed by atoms with van der Waals surface area (Å²) in [5.41, 5.74) is 0.818. The van der Waals surface area contributed by atoms with Crippen LogP contribution in [0.1, 0.15) is 18.1 Å². The Balaban J connectivity index is 2.74. The van der Waals surface area contributed by atoms with Crippen molar-refractivity contribution in [3.8, 4) is 18.1 Å². The van der Waals surface area contributed by atoms with Gasteiger partial charge in [0.05, 0.1) is 13.2 Å². The molecule has 0 unspecified atom stereocenters. The van der Waals surface area contributed by atoms with Gasteiger partial charge in [-0.15, -0.1) is 12.3 Å². The number of hydrogen-bond donors (Lipinski definition) is 1. The van der Waals surface area contributed by atoms with Gasteiger partial charge in [-0.3, -0.25) is 0 Å². The minimum atomic E-state index is -0.573. The van der Waals surface area contributed by atoms with E-state index >= 15 is 0 Å². The van der Waals surface area contributed by atoms with Crippen LogP contribution in [-0.4, -0.2) is 12.2 Å². The van der Waals surface area contributed by atoms with Crippen molar-refractivity contribution in [2.75, 3.05) is 7.11 Å². The Kier molecular flexibility index (Phi) is 3.36. The highest BCUT2D eigenvalue weighted by Crippen LogP contribution is 2.19. The normalized spacial score (nSPS) is 11.8. The average Bonchev–Trinajstić information content (AvgIpc) is 2.18. The Morgan fingerprint density at radius 2 is 2.08 bits per heavy atom. The number of ether oxygens (including phenoxy) is 1. The molecule has 0 aliphatic carbocycles. The van der Waals surface area contributed by atoms with E-state index in [2.05, 4.69) is 5.92 Å². The third kappa shape index (κ3) is 2.50. The predicted molar refractivity (Wildman–Crippen MR) is 51.4 cm³/mol. The van der Waals surface area contributed by atoms with Gasteiger partial charge in [0, 0.05) is 6.42 Å². The van der Waals surface area contributed by atoms with Gasteiger partial charge < -0.3 is 9.84 Å². The molecule has 0 amide bonds. The highest BCUT2D eigenvalue weighted by atomic mass is 16.5. The van der Waals surface area contributed by atoms with Gasteiger partial charge in [0.1, 0.15) is 5.75 Å². The van der Waals surface area contributed by atoms with E-state index in [0.29, 0.717) is 6.42 Å². The summed E-state index contributed by atoms with van der Waals surface area (Å²) in [5.74, 6) is 3.19. The highest BCUT2D eigenvalue weighted by Gasteiger charge is 2.04. The number of rotatable bonds is 3. The fourth-order valence-electron chi connectivity index (χ4n) is 1.06. The predicted octanol–water partition coefficient (Wildman–Crippen LogP) is 1.75. The monoisotopic (exact) mass is 176 g/mol. The molecule has 2 nitrogen and oxygen atoms in total. The summed E-state index contributed by atoms with van der Waals surface area (Å²) in [7, 11) is 1.60. The Labute approximate surface area is 78.2 Å². The van der Waals surface area contributed by atoms with Crippen LogP contribution in [-0.2, 0) is 0 Å². The van der Waals surface area contributed by atoms with Crippen LogP contribution < -0.4 is 4.74 Å². The maximum atomic E-state index is 9.50. The quantitative estimate of drug-likeness (QED) is 0.711. The molecule has 0 saturated carbocycles. The third-order valence-electron chi connectivity index (χ3n) is 1.81. The first-order chi connectivity index (χ1) is 6.27. The Morgan fingerprint density at radius 1 is 1.46 bits per heavy atom. The van der Waals surface area contributed by atoms with Crippen molar-refractivity contribution in [2.24, 2.45) is 0 Å². The molecule has 0 aliphatic rings. The summed E-state index contributed by atoms with van der Waals surface area (Å²) in [4.78, 5) is 0. The maximum Gasteiger partial charge on any atom is 0.118 e. The van der Waals surface area contributed by atoms with Crippen LogP contribution in [0.3, 0.4) is 0 Å². The summed E-state index contributed by atoms with van der Waals surface area (Å²) in [5, 5.41) is 9.50. The molecule has 68 valence electrons. The minimum Gasteiger partial charge on any atom is -0.497 e. The van der Waals surface area contributed by atoms with Crippen molar-refractivity contribution in [3.05, 3.63) is 29.8 Å². The lowest BCUT2D eigenvalue weighted by Crippen LogP contribution is -1.95. The largest absolute Gasteiger partial charge is 0.497 e. The zero-order valence-electron chi connectivity index (χ0n) is 7.53. The minimum absolute atomic E-state index is 0.340. The van der Waals surface area contributed by atoms with Crippen LogP contribution in [0.5, 0.6) is 5.75 Å². The number of terminal acetylenes is 1. The van der Waals surface area contributed by atoms with Gasteiger partial charge in [-0.2, -0.15) is 0 Å². The topological polar surface area (TPSA) is 29.5 Å². The van der Waals surface area contributed by atoms with Gasteiger partial charge in [0.25, 0.3) is 0 Å². The van der Waals surface area contributed by atoms with E-state index < -0.39 is 6.10 Å². The zero-order valence-corrected chi connectivity index (χ0v) is 7.53. The van der Waals surface area contributed by atoms with Crippen molar-refractivity contribution in [2.45, 2.75) is 12.5 Å². The number of benzene rings is 1. The molecule has 0 fully saturated rings. The summed E-state index contributed by atoms with van der Waals surface area (Å²) in [6, 6.07) is 7.21. The maximum absolute atomic E-state index is 9.50. The molecule has 0 saturated heterocycles. The van der Waals surface area contributed by atoms with Gasteiger partial charge in [-0.25, -0.2) is 0 Å². The average molecular weight is 176 g/mol. The Bertz CT molecular complexity index is 295. The van der Waals surface area contributed by atoms with E-state index in [9.17, 15) is 5.11 Å². The fraction of sp³-hybridized carbons (Fsp3) is 0.273. The van der Waals surface area contributed by atoms with E-state index in [-0.39, 0.29) is 0 Å². The van der Waals surface area contributed by atoms with Crippen LogP contribution in [0.15, 0.2) is 24.3 Å². The number of hydrogen-bond acceptors (Lipinski definition) is 2. The molecule has 0 spiro atoms. The standard InChI is InChI=1S/C11H12O2/c1-3-4-11(12)9-5-7-10(13-2)8-6-9/h1,5-8,11-12H,4H2,2H3/t11-/m1/s1. The van der Waals surface area contributed by atoms with Crippen LogP contribution in [0.4, 0.5) is 0 Å². The molecule has 0 heterocycles. The Morgan fingerprint density at radius 3 is 2.54 bits per heavy atom. The first-order valence-corrected chi connectivity index (χ1v) is 4.03. The van der Waals surface area contributed by atoms with Crippen LogP contribution in [0, 0.1) is 12.3 Å². The van der Waals surface area contributed by atoms with Crippen LogP contribution >= 0.6 is 0 Å². The van der Waals surface area contributed by atoms with E-state index in [1.807, 2.05) is 0 Å². The molecule has 1 N–H and O–H groups in total. The van der Waals surface area contributed by atoms with Gasteiger partial charge in [-0.1, -0.05) is 12.1 Å². The first kappa shape index (κ1) is 9.63. The number of aliphatic hydroxyl groups is 1. The van der Waals surface area contributed by atoms with E-state index in [1.54, 1.807) is 31.4 Å². The molecular formula is C11H12O2. The zero-order chi connectivity index (χ0) is 9.68. The van der Waals surface area contributed by atoms with Crippen LogP contribution in [0.2, 0.25) is 0 Å². The molecule has 1 aromatic rings. The SMILES string of the molecule is C#CC[C@@H](O)c1ccc(OC)cc1. The second-order valence-electron chi connectivity index (χ2n) is 2.70. The van der Waals surface area contributed by atoms with Crippen LogP contribution in [0.25, 0.3) is 0 Å². The lowest BCUT2D eigenvalue weighted by Gasteiger charge is -2.07. The lowest BCUT2D eigenvalue weighted by molar-refractivity contribution is 0.184. The van der Waals surface area contributed by atoms with E-state index in [0.717, 1.165) is 11.3 Å². The molecule has 1 atom stereocenters. The molecule has 0 aliphatic heterocycles. The van der Waals surface area contributed by atoms with Crippen molar-refractivity contribution >= 4 is 0 Å². The van der Waals surface area contributed by atoms with E-state index in [1.165, 1.54) is 0 Å². The summed E-state index contributed by atoms with van der Waals surface area (Å²) < 4.78 is 4.99. The van der Waals surface area contributed by atoms with Gasteiger partial charge in [0.15, 0.2) is 0 Å². The summed E-state index contributed by atoms with van der Waals surface area (Å²) in [6.07, 6.45) is 4.85. The summed E-state index contributed by atoms with van der Waals surface area (Å²) >= 11 is 0. The van der Waals surface area contributed by atoms with Gasteiger partial charge >= 0.3 is 0 Å². The Hall–Kier alpha value is -1.46. The molecule has 0 bridgehead atoms. The van der Waals surface area contributed by atoms with Crippen molar-refractivity contribution < 1.29 is 9.84 Å².